The molecule has 6 heteroatoms. The van der Waals surface area contributed by atoms with Crippen LogP contribution < -0.4 is 10.0 Å². The minimum Gasteiger partial charge on any atom is -0.313 e. The van der Waals surface area contributed by atoms with Crippen molar-refractivity contribution in [2.75, 3.05) is 26.2 Å². The maximum atomic E-state index is 12.1. The molecule has 1 fully saturated rings. The molecule has 0 bridgehead atoms. The van der Waals surface area contributed by atoms with Gasteiger partial charge in [0.1, 0.15) is 0 Å². The minimum absolute atomic E-state index is 0.280. The van der Waals surface area contributed by atoms with Gasteiger partial charge in [-0.2, -0.15) is 0 Å². The lowest BCUT2D eigenvalue weighted by Gasteiger charge is -2.25. The predicted molar refractivity (Wildman–Crippen MR) is 79.8 cm³/mol. The molecular weight excluding hydrogens is 262 g/mol. The van der Waals surface area contributed by atoms with Crippen LogP contribution in [-0.2, 0) is 10.0 Å². The van der Waals surface area contributed by atoms with E-state index in [0.717, 1.165) is 13.1 Å². The third-order valence-corrected chi connectivity index (χ3v) is 5.48. The van der Waals surface area contributed by atoms with Gasteiger partial charge in [-0.25, -0.2) is 13.1 Å². The quantitative estimate of drug-likeness (QED) is 0.694. The zero-order valence-corrected chi connectivity index (χ0v) is 13.5. The van der Waals surface area contributed by atoms with Gasteiger partial charge in [0.25, 0.3) is 0 Å². The van der Waals surface area contributed by atoms with Gasteiger partial charge in [-0.3, -0.25) is 4.90 Å². The maximum Gasteiger partial charge on any atom is 0.215 e. The van der Waals surface area contributed by atoms with Crippen LogP contribution in [0.4, 0.5) is 0 Å². The first-order valence-corrected chi connectivity index (χ1v) is 8.83. The Kier molecular flexibility index (Phi) is 6.73. The lowest BCUT2D eigenvalue weighted by atomic mass is 10.3. The van der Waals surface area contributed by atoms with Gasteiger partial charge < -0.3 is 5.32 Å². The van der Waals surface area contributed by atoms with E-state index in [1.807, 2.05) is 13.8 Å². The van der Waals surface area contributed by atoms with E-state index in [0.29, 0.717) is 19.1 Å². The molecule has 2 unspecified atom stereocenters. The molecule has 0 radical (unpaired) electrons. The molecule has 0 spiro atoms. The zero-order chi connectivity index (χ0) is 14.5. The Labute approximate surface area is 118 Å². The van der Waals surface area contributed by atoms with Crippen LogP contribution >= 0.6 is 0 Å². The molecule has 1 rings (SSSR count). The summed E-state index contributed by atoms with van der Waals surface area (Å²) in [4.78, 5) is 2.35. The molecular formula is C13H29N3O2S. The molecule has 0 saturated carbocycles. The molecule has 1 aliphatic rings. The number of nitrogens with one attached hydrogen (secondary N) is 2. The lowest BCUT2D eigenvalue weighted by molar-refractivity contribution is 0.259. The van der Waals surface area contributed by atoms with Crippen molar-refractivity contribution in [2.45, 2.75) is 57.9 Å². The number of sulfonamides is 1. The van der Waals surface area contributed by atoms with Crippen LogP contribution in [0.5, 0.6) is 0 Å². The average Bonchev–Trinajstić information content (AvgIpc) is 2.86. The van der Waals surface area contributed by atoms with E-state index in [9.17, 15) is 8.42 Å². The summed E-state index contributed by atoms with van der Waals surface area (Å²) in [6, 6.07) is 0.587. The SMILES string of the molecule is CC(C)NCC(C)S(=O)(=O)NCC(C)N1CCCC1. The summed E-state index contributed by atoms with van der Waals surface area (Å²) < 4.78 is 26.9. The summed E-state index contributed by atoms with van der Waals surface area (Å²) in [6.45, 7) is 11.0. The van der Waals surface area contributed by atoms with E-state index in [1.165, 1.54) is 12.8 Å². The number of likely N-dealkylation sites (tertiary alicyclic amines) is 1. The van der Waals surface area contributed by atoms with Crippen molar-refractivity contribution in [3.05, 3.63) is 0 Å². The van der Waals surface area contributed by atoms with E-state index < -0.39 is 15.3 Å². The molecule has 1 heterocycles. The highest BCUT2D eigenvalue weighted by Crippen LogP contribution is 2.11. The topological polar surface area (TPSA) is 61.4 Å². The van der Waals surface area contributed by atoms with Gasteiger partial charge in [0.15, 0.2) is 0 Å². The molecule has 1 saturated heterocycles. The smallest absolute Gasteiger partial charge is 0.215 e. The van der Waals surface area contributed by atoms with Crippen molar-refractivity contribution in [1.82, 2.24) is 14.9 Å². The standard InChI is InChI=1S/C13H29N3O2S/c1-11(2)14-10-13(4)19(17,18)15-9-12(3)16-7-5-6-8-16/h11-15H,5-10H2,1-4H3. The summed E-state index contributed by atoms with van der Waals surface area (Å²) >= 11 is 0. The van der Waals surface area contributed by atoms with E-state index in [1.54, 1.807) is 6.92 Å². The van der Waals surface area contributed by atoms with Crippen LogP contribution in [0.3, 0.4) is 0 Å². The Bertz CT molecular complexity index is 351. The molecule has 114 valence electrons. The second-order valence-corrected chi connectivity index (χ2v) is 8.04. The van der Waals surface area contributed by atoms with Crippen molar-refractivity contribution < 1.29 is 8.42 Å². The lowest BCUT2D eigenvalue weighted by Crippen LogP contribution is -2.45. The van der Waals surface area contributed by atoms with Crippen molar-refractivity contribution in [3.63, 3.8) is 0 Å². The second-order valence-electron chi connectivity index (χ2n) is 5.86. The van der Waals surface area contributed by atoms with Gasteiger partial charge in [0.2, 0.25) is 10.0 Å². The van der Waals surface area contributed by atoms with Crippen molar-refractivity contribution in [3.8, 4) is 0 Å². The fourth-order valence-electron chi connectivity index (χ4n) is 2.20. The molecule has 2 atom stereocenters. The zero-order valence-electron chi connectivity index (χ0n) is 12.6. The van der Waals surface area contributed by atoms with Crippen molar-refractivity contribution >= 4 is 10.0 Å². The number of hydrogen-bond donors (Lipinski definition) is 2. The van der Waals surface area contributed by atoms with E-state index in [2.05, 4.69) is 21.9 Å². The van der Waals surface area contributed by atoms with Gasteiger partial charge in [0.05, 0.1) is 5.25 Å². The molecule has 0 amide bonds. The number of rotatable bonds is 8. The highest BCUT2D eigenvalue weighted by molar-refractivity contribution is 7.90. The van der Waals surface area contributed by atoms with Crippen LogP contribution in [0, 0.1) is 0 Å². The molecule has 0 aromatic heterocycles. The Balaban J connectivity index is 2.36. The monoisotopic (exact) mass is 291 g/mol. The summed E-state index contributed by atoms with van der Waals surface area (Å²) in [7, 11) is -3.22. The van der Waals surface area contributed by atoms with E-state index in [-0.39, 0.29) is 6.04 Å². The first kappa shape index (κ1) is 16.9. The molecule has 5 nitrogen and oxygen atoms in total. The minimum atomic E-state index is -3.22. The maximum absolute atomic E-state index is 12.1. The highest BCUT2D eigenvalue weighted by Gasteiger charge is 2.23. The van der Waals surface area contributed by atoms with Crippen LogP contribution in [0.25, 0.3) is 0 Å². The fraction of sp³-hybridized carbons (Fsp3) is 1.00. The summed E-state index contributed by atoms with van der Waals surface area (Å²) in [5, 5.41) is 2.76. The van der Waals surface area contributed by atoms with Gasteiger partial charge >= 0.3 is 0 Å². The summed E-state index contributed by atoms with van der Waals surface area (Å²) in [5.74, 6) is 0. The van der Waals surface area contributed by atoms with Crippen molar-refractivity contribution in [2.24, 2.45) is 0 Å². The highest BCUT2D eigenvalue weighted by atomic mass is 32.2. The Morgan fingerprint density at radius 2 is 1.63 bits per heavy atom. The van der Waals surface area contributed by atoms with E-state index >= 15 is 0 Å². The molecule has 0 aromatic carbocycles. The van der Waals surface area contributed by atoms with Crippen LogP contribution in [-0.4, -0.2) is 56.8 Å². The van der Waals surface area contributed by atoms with Crippen LogP contribution in [0.1, 0.15) is 40.5 Å². The van der Waals surface area contributed by atoms with Crippen LogP contribution in [0.15, 0.2) is 0 Å². The van der Waals surface area contributed by atoms with Gasteiger partial charge in [-0.05, 0) is 39.8 Å². The fourth-order valence-corrected chi connectivity index (χ4v) is 3.28. The Morgan fingerprint density at radius 3 is 2.16 bits per heavy atom. The normalized spacial score (nSPS) is 20.9. The molecule has 0 aliphatic carbocycles. The first-order valence-electron chi connectivity index (χ1n) is 7.29. The molecule has 2 N–H and O–H groups in total. The summed E-state index contributed by atoms with van der Waals surface area (Å²) in [6.07, 6.45) is 2.46. The molecule has 0 aromatic rings. The van der Waals surface area contributed by atoms with Crippen molar-refractivity contribution in [1.29, 1.82) is 0 Å². The van der Waals surface area contributed by atoms with Gasteiger partial charge in [-0.15, -0.1) is 0 Å². The van der Waals surface area contributed by atoms with Gasteiger partial charge in [-0.1, -0.05) is 13.8 Å². The van der Waals surface area contributed by atoms with Crippen LogP contribution in [0.2, 0.25) is 0 Å². The van der Waals surface area contributed by atoms with E-state index in [4.69, 9.17) is 0 Å². The molecule has 1 aliphatic heterocycles. The Hall–Kier alpha value is -0.170. The third kappa shape index (κ3) is 5.77. The first-order chi connectivity index (χ1) is 8.83. The molecule has 19 heavy (non-hydrogen) atoms. The van der Waals surface area contributed by atoms with Gasteiger partial charge in [0, 0.05) is 25.2 Å². The average molecular weight is 291 g/mol. The summed E-state index contributed by atoms with van der Waals surface area (Å²) in [5.41, 5.74) is 0. The number of nitrogens with zero attached hydrogens (tertiary/aromatic N) is 1. The third-order valence-electron chi connectivity index (χ3n) is 3.69. The predicted octanol–water partition coefficient (Wildman–Crippen LogP) is 0.777. The largest absolute Gasteiger partial charge is 0.313 e. The number of hydrogen-bond acceptors (Lipinski definition) is 4. The second kappa shape index (κ2) is 7.57. The Morgan fingerprint density at radius 1 is 1.05 bits per heavy atom.